The highest BCUT2D eigenvalue weighted by Crippen LogP contribution is 2.36. The van der Waals surface area contributed by atoms with E-state index in [0.717, 1.165) is 15.5 Å². The molecule has 0 bridgehead atoms. The van der Waals surface area contributed by atoms with Gasteiger partial charge in [-0.05, 0) is 65.0 Å². The minimum Gasteiger partial charge on any atom is -0.491 e. The van der Waals surface area contributed by atoms with Crippen LogP contribution in [0.15, 0.2) is 52.3 Å². The SMILES string of the molecule is CC(C)N(C(C)C)C(C)COc1ccccc1Sc1ccc(N)c(N)c1. The van der Waals surface area contributed by atoms with Gasteiger partial charge in [-0.25, -0.2) is 0 Å². The van der Waals surface area contributed by atoms with E-state index in [2.05, 4.69) is 45.6 Å². The van der Waals surface area contributed by atoms with Crippen LogP contribution in [0.25, 0.3) is 0 Å². The Balaban J connectivity index is 2.10. The standard InChI is InChI=1S/C21H31N3OS/c1-14(2)24(15(3)4)16(5)13-25-20-8-6-7-9-21(20)26-17-10-11-18(22)19(23)12-17/h6-12,14-16H,13,22-23H2,1-5H3. The minimum absolute atomic E-state index is 0.334. The first-order valence-corrected chi connectivity index (χ1v) is 9.93. The first kappa shape index (κ1) is 20.5. The molecule has 0 amide bonds. The van der Waals surface area contributed by atoms with E-state index in [1.54, 1.807) is 11.8 Å². The lowest BCUT2D eigenvalue weighted by molar-refractivity contribution is 0.0848. The van der Waals surface area contributed by atoms with Crippen molar-refractivity contribution >= 4 is 23.1 Å². The van der Waals surface area contributed by atoms with E-state index in [1.165, 1.54) is 0 Å². The third-order valence-electron chi connectivity index (χ3n) is 4.32. The maximum Gasteiger partial charge on any atom is 0.133 e. The maximum absolute atomic E-state index is 6.19. The third-order valence-corrected chi connectivity index (χ3v) is 5.36. The van der Waals surface area contributed by atoms with Crippen molar-refractivity contribution in [3.63, 3.8) is 0 Å². The van der Waals surface area contributed by atoms with Gasteiger partial charge in [0.2, 0.25) is 0 Å². The van der Waals surface area contributed by atoms with Crippen LogP contribution in [0.3, 0.4) is 0 Å². The van der Waals surface area contributed by atoms with Crippen molar-refractivity contribution in [3.05, 3.63) is 42.5 Å². The Hall–Kier alpha value is -1.85. The van der Waals surface area contributed by atoms with E-state index < -0.39 is 0 Å². The second-order valence-electron chi connectivity index (χ2n) is 7.13. The summed E-state index contributed by atoms with van der Waals surface area (Å²) >= 11 is 1.64. The van der Waals surface area contributed by atoms with Gasteiger partial charge in [0, 0.05) is 23.0 Å². The fraction of sp³-hybridized carbons (Fsp3) is 0.429. The largest absolute Gasteiger partial charge is 0.491 e. The van der Waals surface area contributed by atoms with Crippen molar-refractivity contribution in [2.24, 2.45) is 0 Å². The van der Waals surface area contributed by atoms with Crippen molar-refractivity contribution < 1.29 is 4.74 Å². The Kier molecular flexibility index (Phi) is 7.23. The van der Waals surface area contributed by atoms with E-state index in [0.29, 0.717) is 36.1 Å². The maximum atomic E-state index is 6.19. The van der Waals surface area contributed by atoms with Gasteiger partial charge < -0.3 is 16.2 Å². The molecule has 2 aromatic carbocycles. The number of nitrogens with zero attached hydrogens (tertiary/aromatic N) is 1. The Labute approximate surface area is 161 Å². The molecule has 0 aliphatic rings. The van der Waals surface area contributed by atoms with Crippen LogP contribution in [0, 0.1) is 0 Å². The summed E-state index contributed by atoms with van der Waals surface area (Å²) in [4.78, 5) is 4.59. The summed E-state index contributed by atoms with van der Waals surface area (Å²) in [6, 6.07) is 15.1. The number of hydrogen-bond acceptors (Lipinski definition) is 5. The lowest BCUT2D eigenvalue weighted by Crippen LogP contribution is -2.46. The average molecular weight is 374 g/mol. The van der Waals surface area contributed by atoms with Gasteiger partial charge in [-0.2, -0.15) is 0 Å². The van der Waals surface area contributed by atoms with E-state index in [9.17, 15) is 0 Å². The van der Waals surface area contributed by atoms with E-state index >= 15 is 0 Å². The Morgan fingerprint density at radius 2 is 1.58 bits per heavy atom. The van der Waals surface area contributed by atoms with Gasteiger partial charge in [0.15, 0.2) is 0 Å². The van der Waals surface area contributed by atoms with Gasteiger partial charge in [-0.3, -0.25) is 4.90 Å². The number of benzene rings is 2. The van der Waals surface area contributed by atoms with E-state index in [1.807, 2.05) is 36.4 Å². The molecule has 0 saturated heterocycles. The van der Waals surface area contributed by atoms with Crippen molar-refractivity contribution in [1.29, 1.82) is 0 Å². The fourth-order valence-electron chi connectivity index (χ4n) is 3.31. The summed E-state index contributed by atoms with van der Waals surface area (Å²) in [5.74, 6) is 0.896. The molecule has 0 saturated carbocycles. The van der Waals surface area contributed by atoms with Gasteiger partial charge >= 0.3 is 0 Å². The van der Waals surface area contributed by atoms with Crippen LogP contribution in [0.5, 0.6) is 5.75 Å². The zero-order chi connectivity index (χ0) is 19.3. The zero-order valence-corrected chi connectivity index (χ0v) is 17.2. The predicted octanol–water partition coefficient (Wildman–Crippen LogP) is 4.89. The normalized spacial score (nSPS) is 12.8. The summed E-state index contributed by atoms with van der Waals surface area (Å²) < 4.78 is 6.19. The van der Waals surface area contributed by atoms with E-state index in [4.69, 9.17) is 16.2 Å². The fourth-order valence-corrected chi connectivity index (χ4v) is 4.26. The van der Waals surface area contributed by atoms with Crippen LogP contribution in [0.1, 0.15) is 34.6 Å². The Bertz CT molecular complexity index is 710. The van der Waals surface area contributed by atoms with Gasteiger partial charge in [0.1, 0.15) is 12.4 Å². The number of nitrogen functional groups attached to an aromatic ring is 2. The molecule has 0 aliphatic carbocycles. The molecule has 0 spiro atoms. The van der Waals surface area contributed by atoms with Crippen LogP contribution < -0.4 is 16.2 Å². The van der Waals surface area contributed by atoms with Gasteiger partial charge in [-0.1, -0.05) is 23.9 Å². The van der Waals surface area contributed by atoms with Crippen LogP contribution in [-0.4, -0.2) is 29.6 Å². The first-order chi connectivity index (χ1) is 12.3. The molecule has 0 aromatic heterocycles. The summed E-state index contributed by atoms with van der Waals surface area (Å²) in [7, 11) is 0. The molecule has 1 atom stereocenters. The number of para-hydroxylation sites is 1. The summed E-state index contributed by atoms with van der Waals surface area (Å²) in [5.41, 5.74) is 12.9. The Morgan fingerprint density at radius 1 is 0.923 bits per heavy atom. The van der Waals surface area contributed by atoms with Crippen molar-refractivity contribution in [1.82, 2.24) is 4.90 Å². The highest BCUT2D eigenvalue weighted by molar-refractivity contribution is 7.99. The van der Waals surface area contributed by atoms with Gasteiger partial charge in [-0.15, -0.1) is 0 Å². The molecule has 4 nitrogen and oxygen atoms in total. The first-order valence-electron chi connectivity index (χ1n) is 9.11. The molecular weight excluding hydrogens is 342 g/mol. The molecule has 5 heteroatoms. The van der Waals surface area contributed by atoms with Crippen LogP contribution in [-0.2, 0) is 0 Å². The second kappa shape index (κ2) is 9.19. The zero-order valence-electron chi connectivity index (χ0n) is 16.4. The molecule has 2 aromatic rings. The molecule has 1 unspecified atom stereocenters. The van der Waals surface area contributed by atoms with Crippen molar-refractivity contribution in [2.75, 3.05) is 18.1 Å². The highest BCUT2D eigenvalue weighted by Gasteiger charge is 2.21. The molecule has 4 N–H and O–H groups in total. The molecule has 0 heterocycles. The molecule has 0 radical (unpaired) electrons. The quantitative estimate of drug-likeness (QED) is 0.645. The third kappa shape index (κ3) is 5.32. The number of ether oxygens (including phenoxy) is 1. The van der Waals surface area contributed by atoms with Crippen molar-refractivity contribution in [3.8, 4) is 5.75 Å². The molecule has 142 valence electrons. The van der Waals surface area contributed by atoms with Crippen LogP contribution in [0.2, 0.25) is 0 Å². The number of rotatable bonds is 8. The van der Waals surface area contributed by atoms with Gasteiger partial charge in [0.05, 0.1) is 16.3 Å². The summed E-state index contributed by atoms with van der Waals surface area (Å²) in [6.07, 6.45) is 0. The highest BCUT2D eigenvalue weighted by atomic mass is 32.2. The summed E-state index contributed by atoms with van der Waals surface area (Å²) in [6.45, 7) is 11.8. The van der Waals surface area contributed by atoms with Gasteiger partial charge in [0.25, 0.3) is 0 Å². The number of anilines is 2. The number of nitrogens with two attached hydrogens (primary N) is 2. The second-order valence-corrected chi connectivity index (χ2v) is 8.25. The lowest BCUT2D eigenvalue weighted by Gasteiger charge is -2.36. The predicted molar refractivity (Wildman–Crippen MR) is 113 cm³/mol. The van der Waals surface area contributed by atoms with Crippen LogP contribution >= 0.6 is 11.8 Å². The molecule has 0 aliphatic heterocycles. The topological polar surface area (TPSA) is 64.5 Å². The molecular formula is C21H31N3OS. The molecule has 0 fully saturated rings. The van der Waals surface area contributed by atoms with E-state index in [-0.39, 0.29) is 0 Å². The summed E-state index contributed by atoms with van der Waals surface area (Å²) in [5, 5.41) is 0. The monoisotopic (exact) mass is 373 g/mol. The molecule has 2 rings (SSSR count). The lowest BCUT2D eigenvalue weighted by atomic mass is 10.1. The number of hydrogen-bond donors (Lipinski definition) is 2. The smallest absolute Gasteiger partial charge is 0.133 e. The Morgan fingerprint density at radius 3 is 2.19 bits per heavy atom. The van der Waals surface area contributed by atoms with Crippen LogP contribution in [0.4, 0.5) is 11.4 Å². The average Bonchev–Trinajstić information content (AvgIpc) is 2.57. The van der Waals surface area contributed by atoms with Crippen molar-refractivity contribution in [2.45, 2.75) is 62.5 Å². The molecule has 26 heavy (non-hydrogen) atoms. The minimum atomic E-state index is 0.334.